The molecule has 0 spiro atoms. The van der Waals surface area contributed by atoms with Crippen molar-refractivity contribution < 1.29 is 9.59 Å². The van der Waals surface area contributed by atoms with Gasteiger partial charge in [0.1, 0.15) is 5.65 Å². The maximum Gasteiger partial charge on any atom is 0.229 e. The highest BCUT2D eigenvalue weighted by atomic mass is 16.2. The van der Waals surface area contributed by atoms with E-state index in [1.165, 1.54) is 0 Å². The number of aromatic nitrogens is 2. The first-order valence-corrected chi connectivity index (χ1v) is 9.62. The lowest BCUT2D eigenvalue weighted by Gasteiger charge is -2.18. The molecular weight excluding hydrogens is 352 g/mol. The lowest BCUT2D eigenvalue weighted by Crippen LogP contribution is -2.31. The molecule has 0 saturated carbocycles. The van der Waals surface area contributed by atoms with E-state index in [0.29, 0.717) is 19.0 Å². The molecule has 2 aromatic heterocycles. The molecule has 0 unspecified atom stereocenters. The summed E-state index contributed by atoms with van der Waals surface area (Å²) in [7, 11) is 0. The van der Waals surface area contributed by atoms with Gasteiger partial charge in [-0.25, -0.2) is 4.98 Å². The molecule has 1 aliphatic heterocycles. The molecule has 144 valence electrons. The highest BCUT2D eigenvalue weighted by molar-refractivity contribution is 5.97. The topological polar surface area (TPSA) is 66.7 Å². The molecule has 0 bridgehead atoms. The summed E-state index contributed by atoms with van der Waals surface area (Å²) in [5, 5.41) is 2.94. The highest BCUT2D eigenvalue weighted by Crippen LogP contribution is 2.24. The van der Waals surface area contributed by atoms with Crippen LogP contribution in [0.3, 0.4) is 0 Å². The molecule has 4 rings (SSSR count). The maximum atomic E-state index is 12.6. The Morgan fingerprint density at radius 2 is 2.00 bits per heavy atom. The zero-order chi connectivity index (χ0) is 19.7. The van der Waals surface area contributed by atoms with Gasteiger partial charge in [0.25, 0.3) is 0 Å². The lowest BCUT2D eigenvalue weighted by atomic mass is 10.1. The third-order valence-electron chi connectivity index (χ3n) is 4.98. The van der Waals surface area contributed by atoms with Gasteiger partial charge < -0.3 is 14.6 Å². The van der Waals surface area contributed by atoms with Gasteiger partial charge in [-0.2, -0.15) is 0 Å². The van der Waals surface area contributed by atoms with Gasteiger partial charge in [-0.3, -0.25) is 9.59 Å². The SMILES string of the molecule is CC(C)CN1C[C@@H](C(=O)Nc2ccc(-c3cn4ccccc4n3)cc2)CC1=O. The molecule has 1 saturated heterocycles. The minimum absolute atomic E-state index is 0.0658. The second-order valence-corrected chi connectivity index (χ2v) is 7.75. The van der Waals surface area contributed by atoms with Gasteiger partial charge in [0, 0.05) is 43.2 Å². The number of nitrogens with zero attached hydrogens (tertiary/aromatic N) is 3. The molecule has 3 heterocycles. The van der Waals surface area contributed by atoms with E-state index < -0.39 is 0 Å². The van der Waals surface area contributed by atoms with E-state index in [1.54, 1.807) is 4.90 Å². The van der Waals surface area contributed by atoms with Gasteiger partial charge in [0.2, 0.25) is 11.8 Å². The van der Waals surface area contributed by atoms with Crippen LogP contribution in [0, 0.1) is 11.8 Å². The number of fused-ring (bicyclic) bond motifs is 1. The summed E-state index contributed by atoms with van der Waals surface area (Å²) in [6, 6.07) is 13.5. The highest BCUT2D eigenvalue weighted by Gasteiger charge is 2.34. The monoisotopic (exact) mass is 376 g/mol. The number of hydrogen-bond acceptors (Lipinski definition) is 3. The van der Waals surface area contributed by atoms with Crippen molar-refractivity contribution in [3.8, 4) is 11.3 Å². The van der Waals surface area contributed by atoms with Crippen LogP contribution in [0.1, 0.15) is 20.3 Å². The first-order chi connectivity index (χ1) is 13.5. The third-order valence-corrected chi connectivity index (χ3v) is 4.98. The van der Waals surface area contributed by atoms with Crippen LogP contribution in [0.2, 0.25) is 0 Å². The van der Waals surface area contributed by atoms with E-state index in [-0.39, 0.29) is 24.2 Å². The van der Waals surface area contributed by atoms with Crippen LogP contribution in [-0.4, -0.2) is 39.2 Å². The second-order valence-electron chi connectivity index (χ2n) is 7.75. The molecular formula is C22H24N4O2. The number of nitrogens with one attached hydrogen (secondary N) is 1. The van der Waals surface area contributed by atoms with Crippen LogP contribution >= 0.6 is 0 Å². The van der Waals surface area contributed by atoms with Gasteiger partial charge in [-0.1, -0.05) is 32.0 Å². The molecule has 6 nitrogen and oxygen atoms in total. The van der Waals surface area contributed by atoms with Crippen molar-refractivity contribution in [2.24, 2.45) is 11.8 Å². The average Bonchev–Trinajstić information content (AvgIpc) is 3.26. The maximum absolute atomic E-state index is 12.6. The van der Waals surface area contributed by atoms with Gasteiger partial charge in [0.05, 0.1) is 11.6 Å². The Kier molecular flexibility index (Phi) is 4.86. The number of imidazole rings is 1. The Bertz CT molecular complexity index is 974. The van der Waals surface area contributed by atoms with Crippen molar-refractivity contribution in [3.05, 3.63) is 54.9 Å². The molecule has 1 fully saturated rings. The zero-order valence-corrected chi connectivity index (χ0v) is 16.1. The number of hydrogen-bond donors (Lipinski definition) is 1. The quantitative estimate of drug-likeness (QED) is 0.742. The van der Waals surface area contributed by atoms with Crippen molar-refractivity contribution >= 4 is 23.1 Å². The normalized spacial score (nSPS) is 16.9. The number of amides is 2. The van der Waals surface area contributed by atoms with E-state index in [2.05, 4.69) is 24.1 Å². The molecule has 0 aliphatic carbocycles. The van der Waals surface area contributed by atoms with E-state index in [0.717, 1.165) is 22.6 Å². The number of pyridine rings is 1. The fourth-order valence-electron chi connectivity index (χ4n) is 3.61. The van der Waals surface area contributed by atoms with Crippen molar-refractivity contribution in [3.63, 3.8) is 0 Å². The van der Waals surface area contributed by atoms with Crippen LogP contribution in [0.5, 0.6) is 0 Å². The summed E-state index contributed by atoms with van der Waals surface area (Å²) in [5.74, 6) is 0.0819. The fourth-order valence-corrected chi connectivity index (χ4v) is 3.61. The summed E-state index contributed by atoms with van der Waals surface area (Å²) in [4.78, 5) is 31.1. The number of likely N-dealkylation sites (tertiary alicyclic amines) is 1. The Labute approximate surface area is 164 Å². The van der Waals surface area contributed by atoms with E-state index >= 15 is 0 Å². The molecule has 6 heteroatoms. The minimum atomic E-state index is -0.288. The summed E-state index contributed by atoms with van der Waals surface area (Å²) in [5.41, 5.74) is 3.50. The molecule has 3 aromatic rings. The van der Waals surface area contributed by atoms with Crippen molar-refractivity contribution in [2.45, 2.75) is 20.3 Å². The molecule has 28 heavy (non-hydrogen) atoms. The minimum Gasteiger partial charge on any atom is -0.342 e. The van der Waals surface area contributed by atoms with Crippen LogP contribution in [-0.2, 0) is 9.59 Å². The average molecular weight is 376 g/mol. The molecule has 1 N–H and O–H groups in total. The molecule has 1 aliphatic rings. The Morgan fingerprint density at radius 1 is 1.21 bits per heavy atom. The zero-order valence-electron chi connectivity index (χ0n) is 16.1. The van der Waals surface area contributed by atoms with Gasteiger partial charge in [0.15, 0.2) is 0 Å². The standard InChI is InChI=1S/C22H24N4O2/c1-15(2)12-26-13-17(11-21(26)27)22(28)23-18-8-6-16(7-9-18)19-14-25-10-4-3-5-20(25)24-19/h3-10,14-15,17H,11-13H2,1-2H3,(H,23,28)/t17-/m0/s1. The number of benzene rings is 1. The smallest absolute Gasteiger partial charge is 0.229 e. The van der Waals surface area contributed by atoms with Crippen molar-refractivity contribution in [1.29, 1.82) is 0 Å². The summed E-state index contributed by atoms with van der Waals surface area (Å²) >= 11 is 0. The molecule has 2 amide bonds. The van der Waals surface area contributed by atoms with Crippen LogP contribution in [0.15, 0.2) is 54.9 Å². The third kappa shape index (κ3) is 3.76. The van der Waals surface area contributed by atoms with E-state index in [4.69, 9.17) is 0 Å². The van der Waals surface area contributed by atoms with Gasteiger partial charge in [-0.05, 0) is 30.2 Å². The predicted molar refractivity (Wildman–Crippen MR) is 109 cm³/mol. The Balaban J connectivity index is 1.42. The first kappa shape index (κ1) is 18.2. The van der Waals surface area contributed by atoms with Gasteiger partial charge in [-0.15, -0.1) is 0 Å². The van der Waals surface area contributed by atoms with Crippen molar-refractivity contribution in [1.82, 2.24) is 14.3 Å². The van der Waals surface area contributed by atoms with E-state index in [9.17, 15) is 9.59 Å². The summed E-state index contributed by atoms with van der Waals surface area (Å²) < 4.78 is 1.98. The van der Waals surface area contributed by atoms with Crippen LogP contribution in [0.25, 0.3) is 16.9 Å². The first-order valence-electron chi connectivity index (χ1n) is 9.62. The molecule has 1 atom stereocenters. The molecule has 1 aromatic carbocycles. The van der Waals surface area contributed by atoms with Gasteiger partial charge >= 0.3 is 0 Å². The Hall–Kier alpha value is -3.15. The number of carbonyl (C=O) groups is 2. The number of rotatable bonds is 5. The largest absolute Gasteiger partial charge is 0.342 e. The van der Waals surface area contributed by atoms with Crippen molar-refractivity contribution in [2.75, 3.05) is 18.4 Å². The molecule has 0 radical (unpaired) electrons. The van der Waals surface area contributed by atoms with Crippen LogP contribution in [0.4, 0.5) is 5.69 Å². The fraction of sp³-hybridized carbons (Fsp3) is 0.318. The Morgan fingerprint density at radius 3 is 2.71 bits per heavy atom. The summed E-state index contributed by atoms with van der Waals surface area (Å²) in [6.07, 6.45) is 4.24. The number of carbonyl (C=O) groups excluding carboxylic acids is 2. The number of anilines is 1. The predicted octanol–water partition coefficient (Wildman–Crippen LogP) is 3.44. The summed E-state index contributed by atoms with van der Waals surface area (Å²) in [6.45, 7) is 5.36. The van der Waals surface area contributed by atoms with E-state index in [1.807, 2.05) is 59.3 Å². The lowest BCUT2D eigenvalue weighted by molar-refractivity contribution is -0.128. The second kappa shape index (κ2) is 7.46. The van der Waals surface area contributed by atoms with Crippen LogP contribution < -0.4 is 5.32 Å².